The van der Waals surface area contributed by atoms with Gasteiger partial charge in [-0.25, -0.2) is 8.42 Å². The van der Waals surface area contributed by atoms with E-state index < -0.39 is 35.2 Å². The van der Waals surface area contributed by atoms with E-state index in [9.17, 15) is 21.6 Å². The van der Waals surface area contributed by atoms with Crippen LogP contribution in [0.4, 0.5) is 13.2 Å². The topological polar surface area (TPSA) is 55.8 Å². The summed E-state index contributed by atoms with van der Waals surface area (Å²) in [7, 11) is -2.21. The first-order valence-electron chi connectivity index (χ1n) is 6.99. The van der Waals surface area contributed by atoms with Crippen LogP contribution in [0.15, 0.2) is 0 Å². The van der Waals surface area contributed by atoms with Gasteiger partial charge in [-0.3, -0.25) is 0 Å². The standard InChI is InChI=1S/C13H26F3NO4S/c1-12(2,3)5-6-17(7-8-20-4)22(18,19)10-9-21-11-13(14,15)16/h5-11H2,1-4H3. The van der Waals surface area contributed by atoms with Gasteiger partial charge in [-0.2, -0.15) is 17.5 Å². The number of sulfonamides is 1. The minimum atomic E-state index is -4.45. The third-order valence-electron chi connectivity index (χ3n) is 2.80. The summed E-state index contributed by atoms with van der Waals surface area (Å²) in [5.74, 6) is -0.475. The fourth-order valence-electron chi connectivity index (χ4n) is 1.52. The van der Waals surface area contributed by atoms with Crippen molar-refractivity contribution in [3.63, 3.8) is 0 Å². The fourth-order valence-corrected chi connectivity index (χ4v) is 2.83. The van der Waals surface area contributed by atoms with E-state index in [4.69, 9.17) is 4.74 Å². The first-order chi connectivity index (χ1) is 9.87. The Kier molecular flexibility index (Phi) is 8.89. The van der Waals surface area contributed by atoms with E-state index in [1.54, 1.807) is 0 Å². The highest BCUT2D eigenvalue weighted by molar-refractivity contribution is 7.89. The lowest BCUT2D eigenvalue weighted by atomic mass is 9.92. The van der Waals surface area contributed by atoms with Crippen LogP contribution in [-0.4, -0.2) is 64.7 Å². The molecule has 0 spiro atoms. The lowest BCUT2D eigenvalue weighted by molar-refractivity contribution is -0.172. The minimum absolute atomic E-state index is 0.0480. The molecule has 0 aliphatic rings. The second-order valence-corrected chi connectivity index (χ2v) is 8.27. The lowest BCUT2D eigenvalue weighted by Crippen LogP contribution is -2.38. The quantitative estimate of drug-likeness (QED) is 0.568. The van der Waals surface area contributed by atoms with Crippen molar-refractivity contribution < 1.29 is 31.1 Å². The van der Waals surface area contributed by atoms with Gasteiger partial charge in [0.15, 0.2) is 0 Å². The number of ether oxygens (including phenoxy) is 2. The molecule has 0 N–H and O–H groups in total. The van der Waals surface area contributed by atoms with Crippen LogP contribution in [0.25, 0.3) is 0 Å². The molecule has 0 unspecified atom stereocenters. The highest BCUT2D eigenvalue weighted by Crippen LogP contribution is 2.20. The number of hydrogen-bond acceptors (Lipinski definition) is 4. The Bertz CT molecular complexity index is 404. The van der Waals surface area contributed by atoms with E-state index in [0.717, 1.165) is 0 Å². The average Bonchev–Trinajstić information content (AvgIpc) is 2.32. The molecule has 0 saturated heterocycles. The molecule has 0 amide bonds. The summed E-state index contributed by atoms with van der Waals surface area (Å²) >= 11 is 0. The number of alkyl halides is 3. The van der Waals surface area contributed by atoms with Crippen LogP contribution in [0.3, 0.4) is 0 Å². The van der Waals surface area contributed by atoms with Gasteiger partial charge in [-0.05, 0) is 11.8 Å². The van der Waals surface area contributed by atoms with Crippen molar-refractivity contribution in [3.8, 4) is 0 Å². The Morgan fingerprint density at radius 2 is 1.64 bits per heavy atom. The zero-order chi connectivity index (χ0) is 17.4. The molecule has 0 aliphatic heterocycles. The van der Waals surface area contributed by atoms with Crippen molar-refractivity contribution in [2.45, 2.75) is 33.4 Å². The van der Waals surface area contributed by atoms with Crippen LogP contribution in [0.2, 0.25) is 0 Å². The summed E-state index contributed by atoms with van der Waals surface area (Å²) in [5.41, 5.74) is -0.0480. The van der Waals surface area contributed by atoms with Crippen molar-refractivity contribution in [2.75, 3.05) is 45.8 Å². The number of rotatable bonds is 10. The molecule has 9 heteroatoms. The maximum absolute atomic E-state index is 12.2. The first-order valence-corrected chi connectivity index (χ1v) is 8.59. The van der Waals surface area contributed by atoms with Crippen molar-refractivity contribution in [1.82, 2.24) is 4.31 Å². The summed E-state index contributed by atoms with van der Waals surface area (Å²) in [6.45, 7) is 4.74. The van der Waals surface area contributed by atoms with Crippen molar-refractivity contribution in [1.29, 1.82) is 0 Å². The van der Waals surface area contributed by atoms with Gasteiger partial charge in [0.25, 0.3) is 0 Å². The summed E-state index contributed by atoms with van der Waals surface area (Å²) in [6, 6.07) is 0. The maximum atomic E-state index is 12.2. The van der Waals surface area contributed by atoms with Gasteiger partial charge in [-0.15, -0.1) is 0 Å². The van der Waals surface area contributed by atoms with Crippen LogP contribution in [0.5, 0.6) is 0 Å². The van der Waals surface area contributed by atoms with Gasteiger partial charge >= 0.3 is 6.18 Å². The van der Waals surface area contributed by atoms with Gasteiger partial charge in [0, 0.05) is 20.2 Å². The molecule has 0 aromatic rings. The van der Waals surface area contributed by atoms with E-state index in [1.807, 2.05) is 20.8 Å². The molecule has 0 aliphatic carbocycles. The Morgan fingerprint density at radius 1 is 1.05 bits per heavy atom. The molecule has 22 heavy (non-hydrogen) atoms. The SMILES string of the molecule is COCCN(CCC(C)(C)C)S(=O)(=O)CCOCC(F)(F)F. The normalized spacial score (nSPS) is 13.8. The molecule has 0 saturated carbocycles. The van der Waals surface area contributed by atoms with E-state index in [2.05, 4.69) is 4.74 Å². The third kappa shape index (κ3) is 11.2. The largest absolute Gasteiger partial charge is 0.411 e. The van der Waals surface area contributed by atoms with Crippen LogP contribution in [-0.2, 0) is 19.5 Å². The van der Waals surface area contributed by atoms with E-state index in [1.165, 1.54) is 11.4 Å². The number of nitrogens with zero attached hydrogens (tertiary/aromatic N) is 1. The molecule has 5 nitrogen and oxygen atoms in total. The molecular formula is C13H26F3NO4S. The van der Waals surface area contributed by atoms with Gasteiger partial charge in [0.05, 0.1) is 19.0 Å². The zero-order valence-electron chi connectivity index (χ0n) is 13.6. The van der Waals surface area contributed by atoms with Crippen molar-refractivity contribution in [3.05, 3.63) is 0 Å². The maximum Gasteiger partial charge on any atom is 0.411 e. The summed E-state index contributed by atoms with van der Waals surface area (Å²) in [6.07, 6.45) is -3.81. The fraction of sp³-hybridized carbons (Fsp3) is 1.00. The average molecular weight is 349 g/mol. The molecule has 0 radical (unpaired) electrons. The monoisotopic (exact) mass is 349 g/mol. The Labute approximate surface area is 130 Å². The van der Waals surface area contributed by atoms with Crippen LogP contribution >= 0.6 is 0 Å². The molecule has 0 aromatic carbocycles. The number of halogens is 3. The molecular weight excluding hydrogens is 323 g/mol. The highest BCUT2D eigenvalue weighted by atomic mass is 32.2. The molecule has 0 heterocycles. The lowest BCUT2D eigenvalue weighted by Gasteiger charge is -2.26. The highest BCUT2D eigenvalue weighted by Gasteiger charge is 2.28. The van der Waals surface area contributed by atoms with Crippen LogP contribution < -0.4 is 0 Å². The van der Waals surface area contributed by atoms with Crippen LogP contribution in [0, 0.1) is 5.41 Å². The van der Waals surface area contributed by atoms with E-state index >= 15 is 0 Å². The predicted molar refractivity (Wildman–Crippen MR) is 78.2 cm³/mol. The molecule has 0 bridgehead atoms. The molecule has 0 atom stereocenters. The smallest absolute Gasteiger partial charge is 0.383 e. The zero-order valence-corrected chi connectivity index (χ0v) is 14.4. The van der Waals surface area contributed by atoms with Crippen molar-refractivity contribution in [2.24, 2.45) is 5.41 Å². The number of hydrogen-bond donors (Lipinski definition) is 0. The van der Waals surface area contributed by atoms with Gasteiger partial charge in [0.1, 0.15) is 6.61 Å². The Morgan fingerprint density at radius 3 is 2.09 bits per heavy atom. The summed E-state index contributed by atoms with van der Waals surface area (Å²) in [4.78, 5) is 0. The van der Waals surface area contributed by atoms with Crippen LogP contribution in [0.1, 0.15) is 27.2 Å². The Balaban J connectivity index is 4.52. The molecule has 0 rings (SSSR count). The van der Waals surface area contributed by atoms with E-state index in [-0.39, 0.29) is 18.6 Å². The summed E-state index contributed by atoms with van der Waals surface area (Å²) in [5, 5.41) is 0. The second-order valence-electron chi connectivity index (χ2n) is 6.19. The van der Waals surface area contributed by atoms with Gasteiger partial charge < -0.3 is 9.47 Å². The third-order valence-corrected chi connectivity index (χ3v) is 4.64. The molecule has 0 aromatic heterocycles. The summed E-state index contributed by atoms with van der Waals surface area (Å²) < 4.78 is 70.7. The predicted octanol–water partition coefficient (Wildman–Crippen LogP) is 2.28. The van der Waals surface area contributed by atoms with Gasteiger partial charge in [0.2, 0.25) is 10.0 Å². The molecule has 0 fully saturated rings. The minimum Gasteiger partial charge on any atom is -0.383 e. The van der Waals surface area contributed by atoms with E-state index in [0.29, 0.717) is 13.0 Å². The Hall–Kier alpha value is -0.380. The second kappa shape index (κ2) is 9.05. The van der Waals surface area contributed by atoms with Gasteiger partial charge in [-0.1, -0.05) is 20.8 Å². The van der Waals surface area contributed by atoms with Crippen molar-refractivity contribution >= 4 is 10.0 Å². The first kappa shape index (κ1) is 21.6. The number of methoxy groups -OCH3 is 1. The molecule has 134 valence electrons.